The van der Waals surface area contributed by atoms with Crippen molar-refractivity contribution in [2.75, 3.05) is 0 Å². The summed E-state index contributed by atoms with van der Waals surface area (Å²) in [7, 11) is 0. The van der Waals surface area contributed by atoms with Gasteiger partial charge in [0.25, 0.3) is 0 Å². The molecule has 0 saturated carbocycles. The Hall–Kier alpha value is -1.31. The molecule has 0 N–H and O–H groups in total. The van der Waals surface area contributed by atoms with Gasteiger partial charge in [-0.05, 0) is 0 Å². The summed E-state index contributed by atoms with van der Waals surface area (Å²) in [6.07, 6.45) is 1.87. The molecule has 3 rings (SSSR count). The molecule has 0 bridgehead atoms. The van der Waals surface area contributed by atoms with Crippen LogP contribution < -0.4 is 4.72 Å². The van der Waals surface area contributed by atoms with E-state index in [0.29, 0.717) is 0 Å². The van der Waals surface area contributed by atoms with Crippen LogP contribution in [0.5, 0.6) is 0 Å². The number of fused-ring (bicyclic) bond motifs is 3. The van der Waals surface area contributed by atoms with E-state index in [0.717, 1.165) is 10.2 Å². The van der Waals surface area contributed by atoms with Crippen LogP contribution in [0.1, 0.15) is 0 Å². The monoisotopic (exact) mass is 247 g/mol. The summed E-state index contributed by atoms with van der Waals surface area (Å²) in [4.78, 5) is 4.25. The average Bonchev–Trinajstić information content (AvgIpc) is 2.61. The summed E-state index contributed by atoms with van der Waals surface area (Å²) < 4.78 is 3.03. The zero-order chi connectivity index (χ0) is 9.54. The number of benzene rings is 1. The van der Waals surface area contributed by atoms with Crippen LogP contribution in [-0.2, 0) is 0 Å². The number of nitrogens with zero attached hydrogens (tertiary/aromatic N) is 2. The molecule has 1 aromatic carbocycles. The summed E-state index contributed by atoms with van der Waals surface area (Å²) in [5.74, 6) is 0. The van der Waals surface area contributed by atoms with Crippen LogP contribution in [0.25, 0.3) is 16.4 Å². The molecule has 0 amide bonds. The van der Waals surface area contributed by atoms with Gasteiger partial charge >= 0.3 is 89.1 Å². The van der Waals surface area contributed by atoms with E-state index in [1.54, 1.807) is 0 Å². The zero-order valence-corrected chi connectivity index (χ0v) is 9.06. The van der Waals surface area contributed by atoms with Gasteiger partial charge in [0.05, 0.1) is 0 Å². The molecule has 3 heteroatoms. The maximum atomic E-state index is 4.25. The van der Waals surface area contributed by atoms with Gasteiger partial charge in [-0.15, -0.1) is 0 Å². The van der Waals surface area contributed by atoms with Gasteiger partial charge in [-0.1, -0.05) is 0 Å². The molecule has 2 aromatic heterocycles. The van der Waals surface area contributed by atoms with E-state index in [-0.39, 0.29) is 0 Å². The van der Waals surface area contributed by atoms with Crippen molar-refractivity contribution < 1.29 is 0 Å². The Morgan fingerprint density at radius 1 is 1.07 bits per heavy atom. The minimum absolute atomic E-state index is 0.914. The second-order valence-electron chi connectivity index (χ2n) is 3.19. The molecule has 0 unspecified atom stereocenters. The number of hydrogen-bond acceptors (Lipinski definition) is 1. The van der Waals surface area contributed by atoms with Crippen LogP contribution in [0.2, 0.25) is 0 Å². The Balaban J connectivity index is 2.65. The van der Waals surface area contributed by atoms with Crippen molar-refractivity contribution in [3.8, 4) is 0 Å². The molecule has 3 aromatic rings. The first-order valence-electron chi connectivity index (χ1n) is 4.38. The molecule has 0 fully saturated rings. The van der Waals surface area contributed by atoms with E-state index in [9.17, 15) is 0 Å². The van der Waals surface area contributed by atoms with E-state index in [2.05, 4.69) is 49.7 Å². The van der Waals surface area contributed by atoms with Crippen molar-refractivity contribution in [2.45, 2.75) is 0 Å². The number of para-hydroxylation sites is 1. The van der Waals surface area contributed by atoms with Gasteiger partial charge < -0.3 is 0 Å². The summed E-state index contributed by atoms with van der Waals surface area (Å²) in [5.41, 5.74) is 2.31. The van der Waals surface area contributed by atoms with Crippen molar-refractivity contribution in [3.63, 3.8) is 0 Å². The van der Waals surface area contributed by atoms with E-state index in [1.165, 1.54) is 10.9 Å². The van der Waals surface area contributed by atoms with Gasteiger partial charge in [0.15, 0.2) is 0 Å². The predicted octanol–water partition coefficient (Wildman–Crippen LogP) is 1.28. The second-order valence-corrected chi connectivity index (χ2v) is 3.96. The number of imidazole rings is 1. The molecular weight excluding hydrogens is 239 g/mol. The number of aromatic nitrogens is 2. The van der Waals surface area contributed by atoms with Crippen LogP contribution in [0.3, 0.4) is 0 Å². The van der Waals surface area contributed by atoms with Gasteiger partial charge in [-0.3, -0.25) is 0 Å². The SMILES string of the molecule is [Se]c1ncc2ccc3ccccc3n12. The Kier molecular flexibility index (Phi) is 1.63. The van der Waals surface area contributed by atoms with Crippen molar-refractivity contribution in [2.24, 2.45) is 0 Å². The fraction of sp³-hybridized carbons (Fsp3) is 0. The Bertz CT molecular complexity index is 613. The van der Waals surface area contributed by atoms with Gasteiger partial charge in [0.2, 0.25) is 0 Å². The van der Waals surface area contributed by atoms with Crippen LogP contribution in [0.4, 0.5) is 0 Å². The second kappa shape index (κ2) is 2.84. The van der Waals surface area contributed by atoms with Crippen molar-refractivity contribution in [1.82, 2.24) is 9.38 Å². The molecule has 0 atom stereocenters. The summed E-state index contributed by atoms with van der Waals surface area (Å²) >= 11 is 2.97. The summed E-state index contributed by atoms with van der Waals surface area (Å²) in [5, 5.41) is 1.23. The van der Waals surface area contributed by atoms with Crippen LogP contribution in [-0.4, -0.2) is 25.4 Å². The van der Waals surface area contributed by atoms with Crippen molar-refractivity contribution >= 4 is 37.2 Å². The normalized spacial score (nSPS) is 11.1. The molecule has 2 nitrogen and oxygen atoms in total. The standard InChI is InChI=1S/C11H7N2Se/c14-11-12-7-9-6-5-8-3-1-2-4-10(8)13(9)11/h1-7H. The van der Waals surface area contributed by atoms with Gasteiger partial charge in [0.1, 0.15) is 0 Å². The number of pyridine rings is 1. The third kappa shape index (κ3) is 0.999. The molecule has 1 radical (unpaired) electrons. The molecule has 0 aliphatic heterocycles. The fourth-order valence-electron chi connectivity index (χ4n) is 1.71. The van der Waals surface area contributed by atoms with Gasteiger partial charge in [0, 0.05) is 0 Å². The van der Waals surface area contributed by atoms with E-state index in [1.807, 2.05) is 18.3 Å². The Morgan fingerprint density at radius 2 is 1.93 bits per heavy atom. The first-order chi connectivity index (χ1) is 6.86. The van der Waals surface area contributed by atoms with Crippen LogP contribution in [0.15, 0.2) is 42.6 Å². The molecule has 2 heterocycles. The molecule has 0 aliphatic rings. The molecule has 0 saturated heterocycles. The molecule has 67 valence electrons. The predicted molar refractivity (Wildman–Crippen MR) is 58.1 cm³/mol. The molecule has 0 spiro atoms. The van der Waals surface area contributed by atoms with E-state index >= 15 is 0 Å². The zero-order valence-electron chi connectivity index (χ0n) is 7.34. The first-order valence-corrected chi connectivity index (χ1v) is 5.24. The number of hydrogen-bond donors (Lipinski definition) is 0. The van der Waals surface area contributed by atoms with E-state index in [4.69, 9.17) is 0 Å². The van der Waals surface area contributed by atoms with Crippen molar-refractivity contribution in [1.29, 1.82) is 0 Å². The number of rotatable bonds is 0. The Morgan fingerprint density at radius 3 is 2.86 bits per heavy atom. The average molecular weight is 246 g/mol. The fourth-order valence-corrected chi connectivity index (χ4v) is 2.25. The first kappa shape index (κ1) is 8.04. The quantitative estimate of drug-likeness (QED) is 0.546. The molecular formula is C11H7N2Se. The van der Waals surface area contributed by atoms with Gasteiger partial charge in [-0.25, -0.2) is 0 Å². The third-order valence-corrected chi connectivity index (χ3v) is 2.97. The maximum absolute atomic E-state index is 4.25. The third-order valence-electron chi connectivity index (χ3n) is 2.37. The van der Waals surface area contributed by atoms with Crippen LogP contribution in [0, 0.1) is 0 Å². The summed E-state index contributed by atoms with van der Waals surface area (Å²) in [6.45, 7) is 0. The minimum atomic E-state index is 0.914. The van der Waals surface area contributed by atoms with Crippen LogP contribution >= 0.6 is 0 Å². The Labute approximate surface area is 89.4 Å². The summed E-state index contributed by atoms with van der Waals surface area (Å²) in [6, 6.07) is 12.5. The van der Waals surface area contributed by atoms with Gasteiger partial charge in [-0.2, -0.15) is 0 Å². The topological polar surface area (TPSA) is 17.3 Å². The van der Waals surface area contributed by atoms with E-state index < -0.39 is 0 Å². The van der Waals surface area contributed by atoms with Crippen molar-refractivity contribution in [3.05, 3.63) is 42.6 Å². The molecule has 14 heavy (non-hydrogen) atoms. The molecule has 0 aliphatic carbocycles.